The molecule has 0 saturated heterocycles. The van der Waals surface area contributed by atoms with Crippen molar-refractivity contribution in [2.45, 2.75) is 12.8 Å². The zero-order valence-electron chi connectivity index (χ0n) is 9.07. The maximum Gasteiger partial charge on any atom is 0.303 e. The number of hydrogen-bond donors (Lipinski definition) is 2. The van der Waals surface area contributed by atoms with Crippen molar-refractivity contribution in [2.24, 2.45) is 0 Å². The van der Waals surface area contributed by atoms with Crippen LogP contribution in [0.5, 0.6) is 5.75 Å². The number of carboxylic acids is 1. The van der Waals surface area contributed by atoms with Crippen LogP contribution in [0.2, 0.25) is 0 Å². The van der Waals surface area contributed by atoms with Gasteiger partial charge in [0.25, 0.3) is 0 Å². The standard InChI is InChI=1S/C10H11BrN2O4/c1-17-7-4-6(11)5-12-10(7)13-8(14)2-3-9(15)16/h4-5H,2-3H2,1H3,(H,15,16)(H,12,13,14). The topological polar surface area (TPSA) is 88.5 Å². The van der Waals surface area contributed by atoms with E-state index in [-0.39, 0.29) is 18.7 Å². The fourth-order valence-corrected chi connectivity index (χ4v) is 1.40. The van der Waals surface area contributed by atoms with Gasteiger partial charge in [-0.25, -0.2) is 4.98 Å². The predicted molar refractivity (Wildman–Crippen MR) is 64.0 cm³/mol. The van der Waals surface area contributed by atoms with Gasteiger partial charge in [0.05, 0.1) is 13.5 Å². The number of nitrogens with zero attached hydrogens (tertiary/aromatic N) is 1. The summed E-state index contributed by atoms with van der Waals surface area (Å²) in [7, 11) is 1.45. The molecule has 92 valence electrons. The van der Waals surface area contributed by atoms with Crippen LogP contribution in [0.4, 0.5) is 5.82 Å². The van der Waals surface area contributed by atoms with Crippen molar-refractivity contribution in [2.75, 3.05) is 12.4 Å². The Hall–Kier alpha value is -1.63. The molecule has 7 heteroatoms. The monoisotopic (exact) mass is 302 g/mol. The fraction of sp³-hybridized carbons (Fsp3) is 0.300. The van der Waals surface area contributed by atoms with Crippen molar-refractivity contribution < 1.29 is 19.4 Å². The lowest BCUT2D eigenvalue weighted by Crippen LogP contribution is -2.14. The Balaban J connectivity index is 2.67. The Morgan fingerprint density at radius 2 is 2.24 bits per heavy atom. The first kappa shape index (κ1) is 13.4. The van der Waals surface area contributed by atoms with Crippen LogP contribution in [0.15, 0.2) is 16.7 Å². The van der Waals surface area contributed by atoms with E-state index in [1.54, 1.807) is 6.07 Å². The summed E-state index contributed by atoms with van der Waals surface area (Å²) in [6.45, 7) is 0. The first-order valence-electron chi connectivity index (χ1n) is 4.74. The van der Waals surface area contributed by atoms with Crippen LogP contribution in [0.1, 0.15) is 12.8 Å². The summed E-state index contributed by atoms with van der Waals surface area (Å²) in [5.74, 6) is -0.759. The van der Waals surface area contributed by atoms with Crippen LogP contribution in [0.3, 0.4) is 0 Å². The molecular weight excluding hydrogens is 292 g/mol. The summed E-state index contributed by atoms with van der Waals surface area (Å²) in [5.41, 5.74) is 0. The number of aromatic nitrogens is 1. The summed E-state index contributed by atoms with van der Waals surface area (Å²) in [6.07, 6.45) is 1.19. The van der Waals surface area contributed by atoms with Crippen LogP contribution in [0, 0.1) is 0 Å². The van der Waals surface area contributed by atoms with Crippen LogP contribution in [-0.4, -0.2) is 29.1 Å². The number of carbonyl (C=O) groups excluding carboxylic acids is 1. The minimum absolute atomic E-state index is 0.101. The van der Waals surface area contributed by atoms with E-state index in [0.29, 0.717) is 5.75 Å². The highest BCUT2D eigenvalue weighted by Gasteiger charge is 2.10. The first-order valence-corrected chi connectivity index (χ1v) is 5.53. The van der Waals surface area contributed by atoms with Crippen molar-refractivity contribution in [3.8, 4) is 5.75 Å². The van der Waals surface area contributed by atoms with Crippen LogP contribution in [-0.2, 0) is 9.59 Å². The van der Waals surface area contributed by atoms with E-state index >= 15 is 0 Å². The number of carboxylic acid groups (broad SMARTS) is 1. The molecule has 0 spiro atoms. The van der Waals surface area contributed by atoms with Crippen molar-refractivity contribution >= 4 is 33.6 Å². The lowest BCUT2D eigenvalue weighted by atomic mass is 10.3. The molecule has 0 saturated carbocycles. The van der Waals surface area contributed by atoms with E-state index in [2.05, 4.69) is 26.2 Å². The van der Waals surface area contributed by atoms with Gasteiger partial charge in [0.15, 0.2) is 11.6 Å². The van der Waals surface area contributed by atoms with Crippen molar-refractivity contribution in [1.82, 2.24) is 4.98 Å². The van der Waals surface area contributed by atoms with Gasteiger partial charge >= 0.3 is 5.97 Å². The summed E-state index contributed by atoms with van der Waals surface area (Å²) < 4.78 is 5.75. The average molecular weight is 303 g/mol. The predicted octanol–water partition coefficient (Wildman–Crippen LogP) is 1.66. The molecular formula is C10H11BrN2O4. The summed E-state index contributed by atoms with van der Waals surface area (Å²) >= 11 is 3.22. The Bertz CT molecular complexity index is 436. The molecule has 1 aromatic rings. The summed E-state index contributed by atoms with van der Waals surface area (Å²) in [6, 6.07) is 1.65. The number of pyridine rings is 1. The largest absolute Gasteiger partial charge is 0.493 e. The van der Waals surface area contributed by atoms with E-state index in [4.69, 9.17) is 9.84 Å². The molecule has 2 N–H and O–H groups in total. The zero-order chi connectivity index (χ0) is 12.8. The quantitative estimate of drug-likeness (QED) is 0.863. The lowest BCUT2D eigenvalue weighted by Gasteiger charge is -2.08. The van der Waals surface area contributed by atoms with E-state index in [0.717, 1.165) is 4.47 Å². The number of amides is 1. The maximum atomic E-state index is 11.4. The molecule has 0 fully saturated rings. The highest BCUT2D eigenvalue weighted by Crippen LogP contribution is 2.25. The second-order valence-corrected chi connectivity index (χ2v) is 4.06. The molecule has 0 aliphatic rings. The van der Waals surface area contributed by atoms with E-state index < -0.39 is 11.9 Å². The number of hydrogen-bond acceptors (Lipinski definition) is 4. The molecule has 1 aromatic heterocycles. The highest BCUT2D eigenvalue weighted by atomic mass is 79.9. The average Bonchev–Trinajstić information content (AvgIpc) is 2.28. The van der Waals surface area contributed by atoms with E-state index in [1.165, 1.54) is 13.3 Å². The molecule has 0 atom stereocenters. The smallest absolute Gasteiger partial charge is 0.303 e. The van der Waals surface area contributed by atoms with Gasteiger partial charge in [0, 0.05) is 17.1 Å². The van der Waals surface area contributed by atoms with Gasteiger partial charge in [-0.1, -0.05) is 0 Å². The molecule has 6 nitrogen and oxygen atoms in total. The number of halogens is 1. The molecule has 0 aliphatic carbocycles. The second kappa shape index (κ2) is 6.19. The summed E-state index contributed by atoms with van der Waals surface area (Å²) in [4.78, 5) is 25.7. The van der Waals surface area contributed by atoms with Crippen molar-refractivity contribution in [3.63, 3.8) is 0 Å². The van der Waals surface area contributed by atoms with E-state index in [1.807, 2.05) is 0 Å². The molecule has 1 amide bonds. The van der Waals surface area contributed by atoms with Gasteiger partial charge in [0.2, 0.25) is 5.91 Å². The van der Waals surface area contributed by atoms with Crippen LogP contribution >= 0.6 is 15.9 Å². The third kappa shape index (κ3) is 4.39. The fourth-order valence-electron chi connectivity index (χ4n) is 1.09. The molecule has 0 bridgehead atoms. The molecule has 0 aliphatic heterocycles. The number of nitrogens with one attached hydrogen (secondary N) is 1. The third-order valence-electron chi connectivity index (χ3n) is 1.86. The number of rotatable bonds is 5. The highest BCUT2D eigenvalue weighted by molar-refractivity contribution is 9.10. The summed E-state index contributed by atoms with van der Waals surface area (Å²) in [5, 5.41) is 10.9. The van der Waals surface area contributed by atoms with Crippen LogP contribution in [0.25, 0.3) is 0 Å². The van der Waals surface area contributed by atoms with Gasteiger partial charge in [-0.3, -0.25) is 9.59 Å². The number of carbonyl (C=O) groups is 2. The molecule has 1 heterocycles. The van der Waals surface area contributed by atoms with Gasteiger partial charge in [0.1, 0.15) is 0 Å². The van der Waals surface area contributed by atoms with Crippen molar-refractivity contribution in [3.05, 3.63) is 16.7 Å². The third-order valence-corrected chi connectivity index (χ3v) is 2.30. The molecule has 1 rings (SSSR count). The zero-order valence-corrected chi connectivity index (χ0v) is 10.7. The second-order valence-electron chi connectivity index (χ2n) is 3.15. The molecule has 0 aromatic carbocycles. The Morgan fingerprint density at radius 1 is 1.53 bits per heavy atom. The first-order chi connectivity index (χ1) is 8.02. The minimum Gasteiger partial charge on any atom is -0.493 e. The van der Waals surface area contributed by atoms with E-state index in [9.17, 15) is 9.59 Å². The van der Waals surface area contributed by atoms with Gasteiger partial charge in [-0.05, 0) is 22.0 Å². The number of methoxy groups -OCH3 is 1. The van der Waals surface area contributed by atoms with Gasteiger partial charge in [-0.15, -0.1) is 0 Å². The van der Waals surface area contributed by atoms with Crippen molar-refractivity contribution in [1.29, 1.82) is 0 Å². The lowest BCUT2D eigenvalue weighted by molar-refractivity contribution is -0.138. The molecule has 0 unspecified atom stereocenters. The normalized spacial score (nSPS) is 9.76. The molecule has 0 radical (unpaired) electrons. The Morgan fingerprint density at radius 3 is 2.82 bits per heavy atom. The maximum absolute atomic E-state index is 11.4. The SMILES string of the molecule is COc1cc(Br)cnc1NC(=O)CCC(=O)O. The van der Waals surface area contributed by atoms with Gasteiger partial charge in [-0.2, -0.15) is 0 Å². The van der Waals surface area contributed by atoms with Gasteiger partial charge < -0.3 is 15.2 Å². The Labute approximate surface area is 106 Å². The number of anilines is 1. The number of ether oxygens (including phenoxy) is 1. The Kier molecular flexibility index (Phi) is 4.89. The van der Waals surface area contributed by atoms with Crippen LogP contribution < -0.4 is 10.1 Å². The molecule has 17 heavy (non-hydrogen) atoms. The number of aliphatic carboxylic acids is 1. The minimum atomic E-state index is -1.02.